The zero-order chi connectivity index (χ0) is 10.5. The van der Waals surface area contributed by atoms with E-state index in [2.05, 4.69) is 22.6 Å². The molecule has 0 unspecified atom stereocenters. The zero-order valence-electron chi connectivity index (χ0n) is 8.21. The lowest BCUT2D eigenvalue weighted by atomic mass is 10.3. The van der Waals surface area contributed by atoms with Crippen LogP contribution in [0.5, 0.6) is 0 Å². The summed E-state index contributed by atoms with van der Waals surface area (Å²) in [5, 5.41) is 3.80. The van der Waals surface area contributed by atoms with Gasteiger partial charge in [-0.3, -0.25) is 4.98 Å². The van der Waals surface area contributed by atoms with Crippen LogP contribution < -0.4 is 0 Å². The third kappa shape index (κ3) is 2.47. The Morgan fingerprint density at radius 2 is 2.47 bits per heavy atom. The second-order valence-electron chi connectivity index (χ2n) is 2.95. The van der Waals surface area contributed by atoms with Crippen LogP contribution in [0.4, 0.5) is 0 Å². The molecule has 0 fully saturated rings. The highest BCUT2D eigenvalue weighted by atomic mass is 32.2. The average molecular weight is 217 g/mol. The highest BCUT2D eigenvalue weighted by Gasteiger charge is 1.98. The van der Waals surface area contributed by atoms with Crippen molar-refractivity contribution >= 4 is 17.4 Å². The van der Waals surface area contributed by atoms with E-state index in [9.17, 15) is 0 Å². The maximum atomic E-state index is 4.42. The molecule has 76 valence electrons. The molecule has 2 heterocycles. The predicted molar refractivity (Wildman–Crippen MR) is 63.6 cm³/mol. The Morgan fingerprint density at radius 3 is 3.27 bits per heavy atom. The van der Waals surface area contributed by atoms with Gasteiger partial charge in [-0.15, -0.1) is 11.8 Å². The summed E-state index contributed by atoms with van der Waals surface area (Å²) in [5.41, 5.74) is 1.93. The van der Waals surface area contributed by atoms with Crippen LogP contribution in [0.2, 0.25) is 0 Å². The monoisotopic (exact) mass is 217 g/mol. The Labute approximate surface area is 92.6 Å². The van der Waals surface area contributed by atoms with E-state index in [0.717, 1.165) is 17.8 Å². The standard InChI is InChI=1S/C11H11N3S/c1-2-15-7-3-4-10-9-14-6-5-12-8-11(14)13-10/h2-3,5-9H,1,4H2/b7-3-. The van der Waals surface area contributed by atoms with Crippen LogP contribution in [0, 0.1) is 0 Å². The molecule has 0 aliphatic rings. The zero-order valence-corrected chi connectivity index (χ0v) is 9.02. The fraction of sp³-hybridized carbons (Fsp3) is 0.0909. The van der Waals surface area contributed by atoms with Gasteiger partial charge in [0.2, 0.25) is 0 Å². The SMILES string of the molecule is C=CS/C=C\Cc1cn2ccncc2n1. The molecular formula is C11H11N3S. The lowest BCUT2D eigenvalue weighted by Crippen LogP contribution is -1.81. The quantitative estimate of drug-likeness (QED) is 0.788. The van der Waals surface area contributed by atoms with Crippen LogP contribution in [0.1, 0.15) is 5.69 Å². The molecule has 0 saturated carbocycles. The van der Waals surface area contributed by atoms with Crippen molar-refractivity contribution in [1.82, 2.24) is 14.4 Å². The Hall–Kier alpha value is -1.55. The number of hydrogen-bond acceptors (Lipinski definition) is 3. The topological polar surface area (TPSA) is 30.2 Å². The maximum absolute atomic E-state index is 4.42. The van der Waals surface area contributed by atoms with Crippen molar-refractivity contribution in [1.29, 1.82) is 0 Å². The summed E-state index contributed by atoms with van der Waals surface area (Å²) in [6, 6.07) is 0. The molecule has 2 rings (SSSR count). The molecule has 4 heteroatoms. The minimum absolute atomic E-state index is 0.836. The molecule has 3 nitrogen and oxygen atoms in total. The van der Waals surface area contributed by atoms with Crippen LogP contribution in [0.25, 0.3) is 5.65 Å². The summed E-state index contributed by atoms with van der Waals surface area (Å²) in [7, 11) is 0. The first-order chi connectivity index (χ1) is 7.40. The van der Waals surface area contributed by atoms with E-state index in [1.807, 2.05) is 22.2 Å². The summed E-state index contributed by atoms with van der Waals surface area (Å²) in [6.45, 7) is 3.62. The van der Waals surface area contributed by atoms with E-state index in [1.165, 1.54) is 0 Å². The smallest absolute Gasteiger partial charge is 0.155 e. The molecule has 0 N–H and O–H groups in total. The Balaban J connectivity index is 2.12. The second kappa shape index (κ2) is 4.79. The molecule has 0 radical (unpaired) electrons. The van der Waals surface area contributed by atoms with Gasteiger partial charge in [0, 0.05) is 25.0 Å². The van der Waals surface area contributed by atoms with Crippen LogP contribution in [-0.2, 0) is 6.42 Å². The number of thioether (sulfide) groups is 1. The summed E-state index contributed by atoms with van der Waals surface area (Å²) in [6.07, 6.45) is 10.3. The van der Waals surface area contributed by atoms with Gasteiger partial charge in [-0.2, -0.15) is 0 Å². The number of hydrogen-bond donors (Lipinski definition) is 0. The van der Waals surface area contributed by atoms with Crippen molar-refractivity contribution in [2.45, 2.75) is 6.42 Å². The summed E-state index contributed by atoms with van der Waals surface area (Å²) in [4.78, 5) is 8.44. The molecule has 0 aromatic carbocycles. The summed E-state index contributed by atoms with van der Waals surface area (Å²) < 4.78 is 1.97. The number of fused-ring (bicyclic) bond motifs is 1. The number of aromatic nitrogens is 3. The highest BCUT2D eigenvalue weighted by molar-refractivity contribution is 8.04. The third-order valence-corrected chi connectivity index (χ3v) is 2.45. The molecule has 0 spiro atoms. The van der Waals surface area contributed by atoms with E-state index in [4.69, 9.17) is 0 Å². The van der Waals surface area contributed by atoms with Crippen molar-refractivity contribution in [3.05, 3.63) is 54.0 Å². The molecule has 0 aliphatic carbocycles. The molecule has 15 heavy (non-hydrogen) atoms. The lowest BCUT2D eigenvalue weighted by Gasteiger charge is -1.86. The molecule has 0 atom stereocenters. The maximum Gasteiger partial charge on any atom is 0.155 e. The van der Waals surface area contributed by atoms with E-state index in [0.29, 0.717) is 0 Å². The van der Waals surface area contributed by atoms with Gasteiger partial charge in [0.1, 0.15) is 0 Å². The van der Waals surface area contributed by atoms with Crippen LogP contribution in [0.3, 0.4) is 0 Å². The van der Waals surface area contributed by atoms with Gasteiger partial charge in [0.15, 0.2) is 5.65 Å². The van der Waals surface area contributed by atoms with Crippen molar-refractivity contribution in [3.8, 4) is 0 Å². The van der Waals surface area contributed by atoms with Crippen molar-refractivity contribution in [2.75, 3.05) is 0 Å². The first kappa shape index (κ1) is 9.98. The van der Waals surface area contributed by atoms with Gasteiger partial charge in [-0.25, -0.2) is 4.98 Å². The minimum atomic E-state index is 0.836. The Morgan fingerprint density at radius 1 is 1.53 bits per heavy atom. The molecule has 0 saturated heterocycles. The molecule has 2 aromatic heterocycles. The molecule has 0 bridgehead atoms. The fourth-order valence-corrected chi connectivity index (χ4v) is 1.59. The second-order valence-corrected chi connectivity index (χ2v) is 3.83. The number of nitrogens with zero attached hydrogens (tertiary/aromatic N) is 3. The van der Waals surface area contributed by atoms with E-state index < -0.39 is 0 Å². The van der Waals surface area contributed by atoms with Gasteiger partial charge < -0.3 is 4.40 Å². The van der Waals surface area contributed by atoms with Gasteiger partial charge >= 0.3 is 0 Å². The Kier molecular flexibility index (Phi) is 3.19. The lowest BCUT2D eigenvalue weighted by molar-refractivity contribution is 1.12. The minimum Gasteiger partial charge on any atom is -0.304 e. The van der Waals surface area contributed by atoms with Gasteiger partial charge in [0.25, 0.3) is 0 Å². The first-order valence-corrected chi connectivity index (χ1v) is 5.53. The largest absolute Gasteiger partial charge is 0.304 e. The van der Waals surface area contributed by atoms with E-state index >= 15 is 0 Å². The van der Waals surface area contributed by atoms with E-state index in [-0.39, 0.29) is 0 Å². The van der Waals surface area contributed by atoms with E-state index in [1.54, 1.807) is 29.6 Å². The molecule has 0 amide bonds. The van der Waals surface area contributed by atoms with Gasteiger partial charge in [0.05, 0.1) is 11.9 Å². The molecule has 0 aliphatic heterocycles. The van der Waals surface area contributed by atoms with Crippen LogP contribution in [-0.4, -0.2) is 14.4 Å². The number of imidazole rings is 1. The number of rotatable bonds is 4. The third-order valence-electron chi connectivity index (χ3n) is 1.91. The van der Waals surface area contributed by atoms with Crippen molar-refractivity contribution in [3.63, 3.8) is 0 Å². The van der Waals surface area contributed by atoms with Crippen molar-refractivity contribution < 1.29 is 0 Å². The Bertz CT molecular complexity index is 454. The predicted octanol–water partition coefficient (Wildman–Crippen LogP) is 2.66. The van der Waals surface area contributed by atoms with Crippen LogP contribution >= 0.6 is 11.8 Å². The van der Waals surface area contributed by atoms with Gasteiger partial charge in [-0.05, 0) is 10.8 Å². The fourth-order valence-electron chi connectivity index (χ4n) is 1.27. The normalized spacial score (nSPS) is 11.2. The first-order valence-electron chi connectivity index (χ1n) is 4.59. The van der Waals surface area contributed by atoms with Gasteiger partial charge in [-0.1, -0.05) is 12.7 Å². The molecule has 2 aromatic rings. The average Bonchev–Trinajstić information content (AvgIpc) is 2.67. The van der Waals surface area contributed by atoms with Crippen molar-refractivity contribution in [2.24, 2.45) is 0 Å². The number of allylic oxidation sites excluding steroid dienone is 1. The highest BCUT2D eigenvalue weighted by Crippen LogP contribution is 2.06. The molecular weight excluding hydrogens is 206 g/mol. The van der Waals surface area contributed by atoms with Crippen LogP contribution in [0.15, 0.2) is 48.3 Å². The summed E-state index contributed by atoms with van der Waals surface area (Å²) >= 11 is 1.57. The summed E-state index contributed by atoms with van der Waals surface area (Å²) in [5.74, 6) is 0.